The van der Waals surface area contributed by atoms with E-state index < -0.39 is 42.5 Å². The first-order chi connectivity index (χ1) is 20.0. The normalized spacial score (nSPS) is 20.8. The minimum absolute atomic E-state index is 0.122. The number of aliphatic hydroxyl groups excluding tert-OH is 3. The number of amides is 2. The van der Waals surface area contributed by atoms with Crippen molar-refractivity contribution >= 4 is 17.8 Å². The Balaban J connectivity index is 2.47. The molecule has 244 valence electrons. The van der Waals surface area contributed by atoms with Gasteiger partial charge in [-0.1, -0.05) is 97.1 Å². The third-order valence-electron chi connectivity index (χ3n) is 7.74. The Kier molecular flexibility index (Phi) is 19.6. The number of allylic oxidation sites excluding steroid dienone is 1. The third kappa shape index (κ3) is 14.9. The quantitative estimate of drug-likeness (QED) is 0.0890. The van der Waals surface area contributed by atoms with Gasteiger partial charge < -0.3 is 35.0 Å². The second kappa shape index (κ2) is 21.6. The first kappa shape index (κ1) is 38.0. The highest BCUT2D eigenvalue weighted by atomic mass is 16.5. The molecule has 0 aromatic carbocycles. The highest BCUT2D eigenvalue weighted by Crippen LogP contribution is 2.18. The van der Waals surface area contributed by atoms with Gasteiger partial charge in [-0.25, -0.2) is 0 Å². The summed E-state index contributed by atoms with van der Waals surface area (Å²) in [5.74, 6) is -1.29. The van der Waals surface area contributed by atoms with Gasteiger partial charge in [0.1, 0.15) is 30.5 Å². The molecule has 10 heteroatoms. The third-order valence-corrected chi connectivity index (χ3v) is 7.74. The lowest BCUT2D eigenvalue weighted by Crippen LogP contribution is -2.55. The van der Waals surface area contributed by atoms with Crippen molar-refractivity contribution in [2.45, 2.75) is 147 Å². The number of nitrogens with one attached hydrogen (secondary N) is 1. The second-order valence-corrected chi connectivity index (χ2v) is 12.0. The minimum atomic E-state index is -1.73. The SMILES string of the molecule is CCCCCCCCCCCCCC(=O)O[C@H]1CC[C@H](NC(=O)[C@H](OC)C(O)C(O)C(O)/C=C/C(C)C)C(=O)N(C)C1. The molecule has 1 aliphatic rings. The molecular weight excluding hydrogens is 540 g/mol. The van der Waals surface area contributed by atoms with Gasteiger partial charge in [-0.2, -0.15) is 0 Å². The molecule has 0 aliphatic carbocycles. The van der Waals surface area contributed by atoms with Crippen LogP contribution < -0.4 is 5.32 Å². The molecule has 1 rings (SSSR count). The van der Waals surface area contributed by atoms with E-state index >= 15 is 0 Å². The smallest absolute Gasteiger partial charge is 0.306 e. The first-order valence-electron chi connectivity index (χ1n) is 16.0. The number of carbonyl (C=O) groups is 3. The molecule has 1 heterocycles. The fraction of sp³-hybridized carbons (Fsp3) is 0.844. The fourth-order valence-electron chi connectivity index (χ4n) is 5.12. The van der Waals surface area contributed by atoms with Gasteiger partial charge in [0.15, 0.2) is 6.10 Å². The molecule has 10 nitrogen and oxygen atoms in total. The Bertz CT molecular complexity index is 805. The van der Waals surface area contributed by atoms with E-state index in [9.17, 15) is 29.7 Å². The average molecular weight is 599 g/mol. The average Bonchev–Trinajstić information content (AvgIpc) is 3.07. The number of rotatable bonds is 21. The van der Waals surface area contributed by atoms with Crippen molar-refractivity contribution in [1.82, 2.24) is 10.2 Å². The number of hydrogen-bond donors (Lipinski definition) is 4. The number of carbonyl (C=O) groups excluding carboxylic acids is 3. The number of likely N-dealkylation sites (N-methyl/N-ethyl adjacent to an activating group) is 1. The van der Waals surface area contributed by atoms with Crippen molar-refractivity contribution in [2.24, 2.45) is 5.92 Å². The molecule has 1 saturated heterocycles. The van der Waals surface area contributed by atoms with Crippen molar-refractivity contribution in [3.63, 3.8) is 0 Å². The number of likely N-dealkylation sites (tertiary alicyclic amines) is 1. The van der Waals surface area contributed by atoms with Gasteiger partial charge in [-0.05, 0) is 25.2 Å². The van der Waals surface area contributed by atoms with Crippen molar-refractivity contribution in [2.75, 3.05) is 20.7 Å². The first-order valence-corrected chi connectivity index (χ1v) is 16.0. The molecule has 1 fully saturated rings. The van der Waals surface area contributed by atoms with Crippen LogP contribution in [0.15, 0.2) is 12.2 Å². The number of ether oxygens (including phenoxy) is 2. The van der Waals surface area contributed by atoms with Gasteiger partial charge in [0, 0.05) is 20.6 Å². The molecule has 3 unspecified atom stereocenters. The lowest BCUT2D eigenvalue weighted by molar-refractivity contribution is -0.151. The predicted molar refractivity (Wildman–Crippen MR) is 163 cm³/mol. The van der Waals surface area contributed by atoms with Crippen molar-refractivity contribution < 1.29 is 39.2 Å². The van der Waals surface area contributed by atoms with Crippen LogP contribution >= 0.6 is 0 Å². The zero-order valence-corrected chi connectivity index (χ0v) is 26.6. The van der Waals surface area contributed by atoms with E-state index in [4.69, 9.17) is 9.47 Å². The van der Waals surface area contributed by atoms with E-state index in [1.807, 2.05) is 13.8 Å². The van der Waals surface area contributed by atoms with E-state index in [0.29, 0.717) is 12.8 Å². The van der Waals surface area contributed by atoms with E-state index in [1.165, 1.54) is 69.5 Å². The van der Waals surface area contributed by atoms with Gasteiger partial charge in [0.05, 0.1) is 6.54 Å². The molecule has 0 spiro atoms. The monoisotopic (exact) mass is 598 g/mol. The van der Waals surface area contributed by atoms with E-state index in [2.05, 4.69) is 12.2 Å². The summed E-state index contributed by atoms with van der Waals surface area (Å²) in [6.45, 7) is 6.23. The van der Waals surface area contributed by atoms with Crippen LogP contribution in [0.2, 0.25) is 0 Å². The lowest BCUT2D eigenvalue weighted by Gasteiger charge is -2.28. The molecule has 1 aliphatic heterocycles. The molecule has 0 aromatic rings. The summed E-state index contributed by atoms with van der Waals surface area (Å²) < 4.78 is 10.8. The topological polar surface area (TPSA) is 146 Å². The van der Waals surface area contributed by atoms with E-state index in [1.54, 1.807) is 13.1 Å². The van der Waals surface area contributed by atoms with Crippen LogP contribution in [0.5, 0.6) is 0 Å². The summed E-state index contributed by atoms with van der Waals surface area (Å²) in [6, 6.07) is -0.911. The summed E-state index contributed by atoms with van der Waals surface area (Å²) in [5.41, 5.74) is 0. The minimum Gasteiger partial charge on any atom is -0.460 e. The zero-order valence-electron chi connectivity index (χ0n) is 26.6. The number of hydrogen-bond acceptors (Lipinski definition) is 8. The van der Waals surface area contributed by atoms with Crippen LogP contribution in [0, 0.1) is 5.92 Å². The maximum atomic E-state index is 12.9. The fourth-order valence-corrected chi connectivity index (χ4v) is 5.12. The molecule has 0 radical (unpaired) electrons. The Morgan fingerprint density at radius 3 is 2.05 bits per heavy atom. The Hall–Kier alpha value is -2.01. The van der Waals surface area contributed by atoms with Crippen LogP contribution in [0.3, 0.4) is 0 Å². The van der Waals surface area contributed by atoms with Gasteiger partial charge >= 0.3 is 5.97 Å². The van der Waals surface area contributed by atoms with Crippen LogP contribution in [-0.4, -0.2) is 95.3 Å². The number of aliphatic hydroxyl groups is 3. The summed E-state index contributed by atoms with van der Waals surface area (Å²) in [4.78, 5) is 39.7. The molecule has 0 aromatic heterocycles. The number of esters is 1. The zero-order chi connectivity index (χ0) is 31.5. The lowest BCUT2D eigenvalue weighted by atomic mass is 10.00. The molecule has 0 saturated carbocycles. The molecule has 2 amide bonds. The number of methoxy groups -OCH3 is 1. The Morgan fingerprint density at radius 1 is 0.929 bits per heavy atom. The maximum absolute atomic E-state index is 12.9. The predicted octanol–water partition coefficient (Wildman–Crippen LogP) is 3.65. The molecule has 42 heavy (non-hydrogen) atoms. The number of nitrogens with zero attached hydrogens (tertiary/aromatic N) is 1. The van der Waals surface area contributed by atoms with Crippen LogP contribution in [0.25, 0.3) is 0 Å². The largest absolute Gasteiger partial charge is 0.460 e. The van der Waals surface area contributed by atoms with Gasteiger partial charge in [0.2, 0.25) is 5.91 Å². The summed E-state index contributed by atoms with van der Waals surface area (Å²) in [5, 5.41) is 33.6. The van der Waals surface area contributed by atoms with E-state index in [-0.39, 0.29) is 30.8 Å². The summed E-state index contributed by atoms with van der Waals surface area (Å²) >= 11 is 0. The summed E-state index contributed by atoms with van der Waals surface area (Å²) in [7, 11) is 2.78. The van der Waals surface area contributed by atoms with Crippen LogP contribution in [0.4, 0.5) is 0 Å². The van der Waals surface area contributed by atoms with Gasteiger partial charge in [-0.15, -0.1) is 0 Å². The molecular formula is C32H58N2O8. The van der Waals surface area contributed by atoms with Gasteiger partial charge in [0.25, 0.3) is 5.91 Å². The van der Waals surface area contributed by atoms with Crippen LogP contribution in [-0.2, 0) is 23.9 Å². The van der Waals surface area contributed by atoms with E-state index in [0.717, 1.165) is 19.3 Å². The van der Waals surface area contributed by atoms with Crippen LogP contribution in [0.1, 0.15) is 111 Å². The Labute approximate surface area is 253 Å². The molecule has 6 atom stereocenters. The van der Waals surface area contributed by atoms with Gasteiger partial charge in [-0.3, -0.25) is 14.4 Å². The van der Waals surface area contributed by atoms with Crippen molar-refractivity contribution in [3.05, 3.63) is 12.2 Å². The molecule has 4 N–H and O–H groups in total. The maximum Gasteiger partial charge on any atom is 0.306 e. The van der Waals surface area contributed by atoms with Crippen molar-refractivity contribution in [3.8, 4) is 0 Å². The van der Waals surface area contributed by atoms with Crippen molar-refractivity contribution in [1.29, 1.82) is 0 Å². The summed E-state index contributed by atoms with van der Waals surface area (Å²) in [6.07, 6.45) is 10.4. The number of unbranched alkanes of at least 4 members (excludes halogenated alkanes) is 10. The second-order valence-electron chi connectivity index (χ2n) is 12.0. The Morgan fingerprint density at radius 2 is 1.50 bits per heavy atom. The highest BCUT2D eigenvalue weighted by Gasteiger charge is 2.38. The standard InChI is InChI=1S/C32H58N2O8/c1-6-7-8-9-10-11-12-13-14-15-16-17-27(36)42-24-19-20-25(32(40)34(4)22-24)33-31(39)30(41-5)29(38)28(37)26(35)21-18-23(2)3/h18,21,23-26,28-30,35,37-38H,6-17,19-20,22H2,1-5H3,(H,33,39)/b21-18+/t24-,25-,26?,28?,29?,30+/m0/s1. The molecule has 0 bridgehead atoms. The highest BCUT2D eigenvalue weighted by molar-refractivity contribution is 5.89.